The first kappa shape index (κ1) is 30.6. The lowest BCUT2D eigenvalue weighted by atomic mass is 10.2. The summed E-state index contributed by atoms with van der Waals surface area (Å²) >= 11 is 0. The summed E-state index contributed by atoms with van der Waals surface area (Å²) in [5, 5.41) is 4.28. The molecule has 0 saturated carbocycles. The molecule has 0 aliphatic rings. The highest BCUT2D eigenvalue weighted by Crippen LogP contribution is 2.25. The van der Waals surface area contributed by atoms with Crippen LogP contribution in [0.15, 0.2) is 28.2 Å². The number of hydrogen-bond donors (Lipinski definition) is 1. The summed E-state index contributed by atoms with van der Waals surface area (Å²) in [6.45, 7) is 15.6. The fourth-order valence-electron chi connectivity index (χ4n) is 2.84. The number of benzene rings is 1. The van der Waals surface area contributed by atoms with Crippen molar-refractivity contribution in [3.63, 3.8) is 0 Å². The van der Waals surface area contributed by atoms with E-state index in [2.05, 4.69) is 25.3 Å². The Hall–Kier alpha value is -3.43. The van der Waals surface area contributed by atoms with Gasteiger partial charge in [0.05, 0.1) is 17.8 Å². The summed E-state index contributed by atoms with van der Waals surface area (Å²) in [6, 6.07) is 1.70. The van der Waals surface area contributed by atoms with Crippen LogP contribution in [0.1, 0.15) is 60.0 Å². The van der Waals surface area contributed by atoms with Crippen molar-refractivity contribution in [2.24, 2.45) is 4.99 Å². The smallest absolute Gasteiger partial charge is 0.283 e. The lowest BCUT2D eigenvalue weighted by Crippen LogP contribution is -2.40. The Bertz CT molecular complexity index is 1130. The van der Waals surface area contributed by atoms with Crippen LogP contribution in [-0.2, 0) is 6.54 Å². The molecule has 8 nitrogen and oxygen atoms in total. The Labute approximate surface area is 200 Å². The van der Waals surface area contributed by atoms with Crippen LogP contribution >= 0.6 is 0 Å². The highest BCUT2D eigenvalue weighted by atomic mass is 19.1. The average molecular weight is 478 g/mol. The molecule has 0 unspecified atom stereocenters. The normalized spacial score (nSPS) is 9.88. The fraction of sp³-hybridized carbons (Fsp3) is 0.458. The molecule has 0 amide bonds. The molecule has 0 aliphatic heterocycles. The van der Waals surface area contributed by atoms with E-state index in [1.54, 1.807) is 34.2 Å². The zero-order valence-electron chi connectivity index (χ0n) is 21.9. The first-order valence-corrected chi connectivity index (χ1v) is 11.5. The van der Waals surface area contributed by atoms with Crippen molar-refractivity contribution in [2.75, 3.05) is 24.4 Å². The molecule has 0 atom stereocenters. The first-order chi connectivity index (χ1) is 16.3. The van der Waals surface area contributed by atoms with Gasteiger partial charge in [0.1, 0.15) is 29.0 Å². The quantitative estimate of drug-likeness (QED) is 0.496. The number of aromatic nitrogens is 4. The maximum absolute atomic E-state index is 14.2. The van der Waals surface area contributed by atoms with Crippen LogP contribution in [0.5, 0.6) is 0 Å². The van der Waals surface area contributed by atoms with Crippen LogP contribution < -0.4 is 15.9 Å². The second kappa shape index (κ2) is 15.4. The van der Waals surface area contributed by atoms with Crippen LogP contribution in [0.25, 0.3) is 10.9 Å². The molecule has 1 aromatic carbocycles. The molecular weight excluding hydrogens is 440 g/mol. The van der Waals surface area contributed by atoms with Crippen molar-refractivity contribution < 1.29 is 8.78 Å². The van der Waals surface area contributed by atoms with Gasteiger partial charge in [-0.05, 0) is 13.8 Å². The number of rotatable bonds is 5. The Morgan fingerprint density at radius 1 is 1.09 bits per heavy atom. The minimum absolute atomic E-state index is 0.0527. The predicted molar refractivity (Wildman–Crippen MR) is 138 cm³/mol. The summed E-state index contributed by atoms with van der Waals surface area (Å²) in [5.41, 5.74) is 0.552. The standard InChI is InChI=1S/C18H19F2N7O.3C2H6/c1-5-21-16-10(2)23-9-24-17(16)22-8-14-25-13-7-11(19)6-12(20)15(13)18(28)27(14)26(3)4;3*1-2/h5-7,9H,8H2,1-4H3,(H,22,23,24);3*1-2H3. The third-order valence-corrected chi connectivity index (χ3v) is 4.01. The van der Waals surface area contributed by atoms with E-state index in [1.165, 1.54) is 16.0 Å². The number of nitrogens with one attached hydrogen (secondary N) is 1. The van der Waals surface area contributed by atoms with Crippen molar-refractivity contribution in [3.8, 4) is 0 Å². The predicted octanol–water partition coefficient (Wildman–Crippen LogP) is 5.38. The third kappa shape index (κ3) is 7.29. The van der Waals surface area contributed by atoms with Gasteiger partial charge in [-0.15, -0.1) is 0 Å². The van der Waals surface area contributed by atoms with Crippen molar-refractivity contribution in [1.82, 2.24) is 19.6 Å². The molecule has 3 rings (SSSR count). The van der Waals surface area contributed by atoms with Crippen molar-refractivity contribution in [3.05, 3.63) is 52.0 Å². The lowest BCUT2D eigenvalue weighted by Gasteiger charge is -2.21. The van der Waals surface area contributed by atoms with Crippen LogP contribution in [0.2, 0.25) is 0 Å². The van der Waals surface area contributed by atoms with Gasteiger partial charge < -0.3 is 10.3 Å². The van der Waals surface area contributed by atoms with Crippen LogP contribution in [0.3, 0.4) is 0 Å². The second-order valence-electron chi connectivity index (χ2n) is 6.17. The maximum atomic E-state index is 14.2. The van der Waals surface area contributed by atoms with E-state index >= 15 is 0 Å². The van der Waals surface area contributed by atoms with Crippen LogP contribution in [0.4, 0.5) is 20.3 Å². The molecule has 10 heteroatoms. The van der Waals surface area contributed by atoms with E-state index in [4.69, 9.17) is 0 Å². The summed E-state index contributed by atoms with van der Waals surface area (Å²) in [6.07, 6.45) is 3.01. The van der Waals surface area contributed by atoms with E-state index in [9.17, 15) is 13.6 Å². The molecular formula is C24H37F2N7O. The van der Waals surface area contributed by atoms with Gasteiger partial charge in [0.25, 0.3) is 5.56 Å². The van der Waals surface area contributed by atoms with Gasteiger partial charge in [-0.25, -0.2) is 28.4 Å². The Kier molecular flexibility index (Phi) is 13.9. The molecule has 0 spiro atoms. The van der Waals surface area contributed by atoms with Crippen molar-refractivity contribution in [2.45, 2.75) is 61.9 Å². The molecule has 0 bridgehead atoms. The largest absolute Gasteiger partial charge is 0.361 e. The molecule has 0 saturated heterocycles. The first-order valence-electron chi connectivity index (χ1n) is 11.5. The van der Waals surface area contributed by atoms with Crippen LogP contribution in [-0.4, -0.2) is 39.9 Å². The number of nitrogens with zero attached hydrogens (tertiary/aromatic N) is 6. The van der Waals surface area contributed by atoms with Gasteiger partial charge in [-0.1, -0.05) is 41.5 Å². The van der Waals surface area contributed by atoms with Gasteiger partial charge in [0, 0.05) is 32.4 Å². The molecule has 0 fully saturated rings. The Morgan fingerprint density at radius 3 is 2.26 bits per heavy atom. The Balaban J connectivity index is 0.00000168. The highest BCUT2D eigenvalue weighted by molar-refractivity contribution is 5.78. The van der Waals surface area contributed by atoms with E-state index < -0.39 is 17.2 Å². The lowest BCUT2D eigenvalue weighted by molar-refractivity contribution is 0.585. The van der Waals surface area contributed by atoms with Crippen molar-refractivity contribution >= 4 is 28.6 Å². The number of hydrogen-bond acceptors (Lipinski definition) is 7. The fourth-order valence-corrected chi connectivity index (χ4v) is 2.84. The summed E-state index contributed by atoms with van der Waals surface area (Å²) in [7, 11) is 3.25. The summed E-state index contributed by atoms with van der Waals surface area (Å²) in [4.78, 5) is 29.6. The van der Waals surface area contributed by atoms with E-state index in [-0.39, 0.29) is 23.3 Å². The molecule has 2 heterocycles. The van der Waals surface area contributed by atoms with Crippen LogP contribution in [0, 0.1) is 18.6 Å². The number of fused-ring (bicyclic) bond motifs is 1. The average Bonchev–Trinajstić information content (AvgIpc) is 2.82. The number of halogens is 2. The topological polar surface area (TPSA) is 88.3 Å². The molecule has 188 valence electrons. The minimum Gasteiger partial charge on any atom is -0.361 e. The Morgan fingerprint density at radius 2 is 1.71 bits per heavy atom. The van der Waals surface area contributed by atoms with Gasteiger partial charge in [0.2, 0.25) is 0 Å². The van der Waals surface area contributed by atoms with Gasteiger partial charge in [-0.2, -0.15) is 0 Å². The van der Waals surface area contributed by atoms with Gasteiger partial charge in [0.15, 0.2) is 11.6 Å². The number of aliphatic imine (C=N–C) groups is 1. The van der Waals surface area contributed by atoms with E-state index in [0.717, 1.165) is 6.07 Å². The monoisotopic (exact) mass is 477 g/mol. The molecule has 34 heavy (non-hydrogen) atoms. The molecule has 0 aliphatic carbocycles. The van der Waals surface area contributed by atoms with Crippen molar-refractivity contribution in [1.29, 1.82) is 0 Å². The molecule has 2 aromatic heterocycles. The van der Waals surface area contributed by atoms with Gasteiger partial charge in [-0.3, -0.25) is 9.79 Å². The summed E-state index contributed by atoms with van der Waals surface area (Å²) < 4.78 is 29.0. The number of anilines is 1. The molecule has 3 aromatic rings. The third-order valence-electron chi connectivity index (χ3n) is 4.01. The minimum atomic E-state index is -0.950. The van der Waals surface area contributed by atoms with E-state index in [0.29, 0.717) is 23.3 Å². The van der Waals surface area contributed by atoms with E-state index in [1.807, 2.05) is 41.5 Å². The summed E-state index contributed by atoms with van der Waals surface area (Å²) in [5.74, 6) is -1.04. The molecule has 0 radical (unpaired) electrons. The maximum Gasteiger partial charge on any atom is 0.283 e. The number of aryl methyl sites for hydroxylation is 1. The zero-order chi connectivity index (χ0) is 26.4. The SMILES string of the molecule is CC.CC.CC.CC=Nc1c(C)ncnc1NCc1nc2cc(F)cc(F)c2c(=O)n1N(C)C. The zero-order valence-corrected chi connectivity index (χ0v) is 21.9. The second-order valence-corrected chi connectivity index (χ2v) is 6.17. The van der Waals surface area contributed by atoms with Gasteiger partial charge >= 0.3 is 0 Å². The molecule has 1 N–H and O–H groups in total. The highest BCUT2D eigenvalue weighted by Gasteiger charge is 2.17.